The zero-order valence-corrected chi connectivity index (χ0v) is 6.14. The van der Waals surface area contributed by atoms with Gasteiger partial charge in [-0.15, -0.1) is 0 Å². The van der Waals surface area contributed by atoms with Gasteiger partial charge in [0.05, 0.1) is 0 Å². The van der Waals surface area contributed by atoms with Crippen LogP contribution in [0.15, 0.2) is 0 Å². The van der Waals surface area contributed by atoms with Crippen LogP contribution in [-0.2, 0) is 0 Å². The van der Waals surface area contributed by atoms with Gasteiger partial charge in [0.1, 0.15) is 0 Å². The summed E-state index contributed by atoms with van der Waals surface area (Å²) in [5, 5.41) is 0. The van der Waals surface area contributed by atoms with Crippen molar-refractivity contribution in [3.8, 4) is 0 Å². The number of hydrogen-bond acceptors (Lipinski definition) is 1. The minimum Gasteiger partial charge on any atom is -0.354 e. The van der Waals surface area contributed by atoms with Crippen molar-refractivity contribution >= 4 is 7.98 Å². The van der Waals surface area contributed by atoms with E-state index in [1.54, 1.807) is 0 Å². The molecular formula is C7H14BN. The van der Waals surface area contributed by atoms with Gasteiger partial charge in [0.25, 0.3) is 0 Å². The summed E-state index contributed by atoms with van der Waals surface area (Å²) in [6.45, 7) is 0. The average molecular weight is 123 g/mol. The molecule has 0 saturated heterocycles. The molecule has 0 aromatic rings. The van der Waals surface area contributed by atoms with E-state index in [4.69, 9.17) is 7.98 Å². The molecule has 1 saturated carbocycles. The standard InChI is InChI=1S/C7H14BN/c1-9(8)7-5-3-2-4-6-7/h7H,2-6H2,1H3. The molecule has 0 N–H and O–H groups in total. The van der Waals surface area contributed by atoms with Crippen LogP contribution in [0.25, 0.3) is 0 Å². The summed E-state index contributed by atoms with van der Waals surface area (Å²) in [4.78, 5) is 1.86. The highest BCUT2D eigenvalue weighted by Crippen LogP contribution is 2.19. The fourth-order valence-corrected chi connectivity index (χ4v) is 1.49. The van der Waals surface area contributed by atoms with Crippen LogP contribution >= 0.6 is 0 Å². The van der Waals surface area contributed by atoms with Crippen LogP contribution in [0, 0.1) is 0 Å². The number of rotatable bonds is 1. The summed E-state index contributed by atoms with van der Waals surface area (Å²) in [5.74, 6) is 0. The van der Waals surface area contributed by atoms with E-state index < -0.39 is 0 Å². The molecule has 9 heavy (non-hydrogen) atoms. The van der Waals surface area contributed by atoms with Crippen LogP contribution in [0.2, 0.25) is 0 Å². The zero-order chi connectivity index (χ0) is 6.69. The molecule has 0 heterocycles. The van der Waals surface area contributed by atoms with Gasteiger partial charge in [0.2, 0.25) is 0 Å². The Morgan fingerprint density at radius 2 is 1.78 bits per heavy atom. The van der Waals surface area contributed by atoms with Crippen molar-refractivity contribution in [3.05, 3.63) is 0 Å². The highest BCUT2D eigenvalue weighted by Gasteiger charge is 2.13. The van der Waals surface area contributed by atoms with Crippen LogP contribution in [0.1, 0.15) is 32.1 Å². The molecule has 0 aliphatic heterocycles. The second kappa shape index (κ2) is 3.26. The summed E-state index contributed by atoms with van der Waals surface area (Å²) in [5.41, 5.74) is 0. The quantitative estimate of drug-likeness (QED) is 0.475. The summed E-state index contributed by atoms with van der Waals surface area (Å²) in [6.07, 6.45) is 6.74. The molecule has 2 radical (unpaired) electrons. The maximum Gasteiger partial charge on any atom is 0.182 e. The van der Waals surface area contributed by atoms with Crippen LogP contribution in [0.3, 0.4) is 0 Å². The molecule has 0 spiro atoms. The first kappa shape index (κ1) is 7.14. The van der Waals surface area contributed by atoms with Gasteiger partial charge in [-0.05, 0) is 25.9 Å². The van der Waals surface area contributed by atoms with E-state index in [1.807, 2.05) is 11.9 Å². The number of hydrogen-bond donors (Lipinski definition) is 0. The largest absolute Gasteiger partial charge is 0.354 e. The lowest BCUT2D eigenvalue weighted by Gasteiger charge is -2.28. The van der Waals surface area contributed by atoms with Crippen molar-refractivity contribution in [1.82, 2.24) is 4.81 Å². The van der Waals surface area contributed by atoms with Crippen molar-refractivity contribution < 1.29 is 0 Å². The predicted octanol–water partition coefficient (Wildman–Crippen LogP) is 1.33. The second-order valence-electron chi connectivity index (χ2n) is 2.96. The van der Waals surface area contributed by atoms with Crippen molar-refractivity contribution in [2.45, 2.75) is 38.1 Å². The maximum absolute atomic E-state index is 5.60. The van der Waals surface area contributed by atoms with Gasteiger partial charge in [0, 0.05) is 0 Å². The molecule has 1 fully saturated rings. The highest BCUT2D eigenvalue weighted by molar-refractivity contribution is 6.04. The molecule has 0 amide bonds. The Morgan fingerprint density at radius 3 is 2.11 bits per heavy atom. The summed E-state index contributed by atoms with van der Waals surface area (Å²) in [6, 6.07) is 0.666. The van der Waals surface area contributed by atoms with E-state index in [0.29, 0.717) is 6.04 Å². The lowest BCUT2D eigenvalue weighted by molar-refractivity contribution is 0.296. The molecular weight excluding hydrogens is 109 g/mol. The van der Waals surface area contributed by atoms with Gasteiger partial charge in [-0.25, -0.2) is 0 Å². The first-order valence-electron chi connectivity index (χ1n) is 3.78. The van der Waals surface area contributed by atoms with Gasteiger partial charge in [0.15, 0.2) is 7.98 Å². The Hall–Kier alpha value is 0.0249. The van der Waals surface area contributed by atoms with Crippen LogP contribution in [0.4, 0.5) is 0 Å². The highest BCUT2D eigenvalue weighted by atomic mass is 15.0. The van der Waals surface area contributed by atoms with Gasteiger partial charge >= 0.3 is 0 Å². The Kier molecular flexibility index (Phi) is 2.58. The van der Waals surface area contributed by atoms with Crippen LogP contribution in [0.5, 0.6) is 0 Å². The fourth-order valence-electron chi connectivity index (χ4n) is 1.49. The van der Waals surface area contributed by atoms with E-state index in [1.165, 1.54) is 32.1 Å². The minimum atomic E-state index is 0.666. The third kappa shape index (κ3) is 2.01. The Labute approximate surface area is 58.9 Å². The van der Waals surface area contributed by atoms with E-state index in [9.17, 15) is 0 Å². The predicted molar refractivity (Wildman–Crippen MR) is 40.4 cm³/mol. The first-order valence-corrected chi connectivity index (χ1v) is 3.78. The molecule has 0 atom stereocenters. The monoisotopic (exact) mass is 123 g/mol. The average Bonchev–Trinajstić information content (AvgIpc) is 1.90. The van der Waals surface area contributed by atoms with Crippen molar-refractivity contribution in [2.24, 2.45) is 0 Å². The van der Waals surface area contributed by atoms with Crippen molar-refractivity contribution in [1.29, 1.82) is 0 Å². The van der Waals surface area contributed by atoms with E-state index in [0.717, 1.165) is 0 Å². The van der Waals surface area contributed by atoms with Gasteiger partial charge in [-0.2, -0.15) is 0 Å². The van der Waals surface area contributed by atoms with Crippen LogP contribution < -0.4 is 0 Å². The second-order valence-corrected chi connectivity index (χ2v) is 2.96. The smallest absolute Gasteiger partial charge is 0.182 e. The molecule has 50 valence electrons. The molecule has 1 rings (SSSR count). The molecule has 1 nitrogen and oxygen atoms in total. The summed E-state index contributed by atoms with van der Waals surface area (Å²) in [7, 11) is 7.57. The molecule has 1 aliphatic rings. The lowest BCUT2D eigenvalue weighted by Crippen LogP contribution is -2.30. The summed E-state index contributed by atoms with van der Waals surface area (Å²) >= 11 is 0. The Bertz CT molecular complexity index is 77.0. The Balaban J connectivity index is 2.23. The minimum absolute atomic E-state index is 0.666. The van der Waals surface area contributed by atoms with E-state index in [2.05, 4.69) is 0 Å². The van der Waals surface area contributed by atoms with E-state index >= 15 is 0 Å². The van der Waals surface area contributed by atoms with Crippen molar-refractivity contribution in [2.75, 3.05) is 7.05 Å². The van der Waals surface area contributed by atoms with Gasteiger partial charge < -0.3 is 4.81 Å². The normalized spacial score (nSPS) is 22.9. The van der Waals surface area contributed by atoms with Gasteiger partial charge in [-0.3, -0.25) is 0 Å². The molecule has 0 bridgehead atoms. The third-order valence-corrected chi connectivity index (χ3v) is 2.15. The maximum atomic E-state index is 5.60. The molecule has 2 heteroatoms. The van der Waals surface area contributed by atoms with E-state index in [-0.39, 0.29) is 0 Å². The third-order valence-electron chi connectivity index (χ3n) is 2.15. The van der Waals surface area contributed by atoms with Crippen LogP contribution in [-0.4, -0.2) is 25.9 Å². The summed E-state index contributed by atoms with van der Waals surface area (Å²) < 4.78 is 0. The molecule has 0 aromatic heterocycles. The zero-order valence-electron chi connectivity index (χ0n) is 6.14. The lowest BCUT2D eigenvalue weighted by atomic mass is 9.93. The first-order chi connectivity index (χ1) is 4.30. The SMILES string of the molecule is [B]N(C)C1CCCCC1. The van der Waals surface area contributed by atoms with Crippen molar-refractivity contribution in [3.63, 3.8) is 0 Å². The number of nitrogens with zero attached hydrogens (tertiary/aromatic N) is 1. The molecule has 0 aromatic carbocycles. The Morgan fingerprint density at radius 1 is 1.22 bits per heavy atom. The molecule has 0 unspecified atom stereocenters. The topological polar surface area (TPSA) is 3.24 Å². The van der Waals surface area contributed by atoms with Gasteiger partial charge in [-0.1, -0.05) is 19.3 Å². The molecule has 1 aliphatic carbocycles. The fraction of sp³-hybridized carbons (Fsp3) is 1.00.